The lowest BCUT2D eigenvalue weighted by molar-refractivity contribution is 0.0454. The molecule has 0 radical (unpaired) electrons. The van der Waals surface area contributed by atoms with E-state index in [2.05, 4.69) is 10.3 Å². The van der Waals surface area contributed by atoms with Crippen molar-refractivity contribution in [2.75, 3.05) is 11.9 Å². The highest BCUT2D eigenvalue weighted by atomic mass is 19.1. The molecule has 1 saturated heterocycles. The first kappa shape index (κ1) is 17.1. The zero-order valence-corrected chi connectivity index (χ0v) is 14.4. The van der Waals surface area contributed by atoms with Crippen molar-refractivity contribution in [1.82, 2.24) is 9.88 Å². The average Bonchev–Trinajstić information content (AvgIpc) is 2.63. The fourth-order valence-corrected chi connectivity index (χ4v) is 3.23. The predicted octanol–water partition coefficient (Wildman–Crippen LogP) is 4.69. The summed E-state index contributed by atoms with van der Waals surface area (Å²) in [7, 11) is 0. The van der Waals surface area contributed by atoms with Crippen LogP contribution in [0.2, 0.25) is 0 Å². The summed E-state index contributed by atoms with van der Waals surface area (Å²) < 4.78 is 27.5. The van der Waals surface area contributed by atoms with E-state index < -0.39 is 0 Å². The fraction of sp³-hybridized carbons (Fsp3) is 0.143. The standard InChI is InChI=1S/C21H17F2N3O/c22-14-5-3-6-15(13-14)25-20-17(8-4-11-24-20)21(27)26-12-10-19(26)16-7-1-2-9-18(16)23/h1-9,11,13,19H,10,12H2,(H,24,25). The molecule has 1 aliphatic heterocycles. The average molecular weight is 365 g/mol. The molecule has 0 aliphatic carbocycles. The molecule has 6 heteroatoms. The summed E-state index contributed by atoms with van der Waals surface area (Å²) in [5, 5.41) is 2.99. The first-order valence-corrected chi connectivity index (χ1v) is 8.66. The molecule has 2 aromatic carbocycles. The molecule has 0 spiro atoms. The van der Waals surface area contributed by atoms with E-state index in [9.17, 15) is 13.6 Å². The molecular formula is C21H17F2N3O. The quantitative estimate of drug-likeness (QED) is 0.729. The van der Waals surface area contributed by atoms with Gasteiger partial charge in [0.15, 0.2) is 0 Å². The summed E-state index contributed by atoms with van der Waals surface area (Å²) in [4.78, 5) is 18.9. The fourth-order valence-electron chi connectivity index (χ4n) is 3.23. The molecule has 1 fully saturated rings. The van der Waals surface area contributed by atoms with Gasteiger partial charge in [0.1, 0.15) is 17.5 Å². The smallest absolute Gasteiger partial charge is 0.258 e. The van der Waals surface area contributed by atoms with Crippen molar-refractivity contribution >= 4 is 17.4 Å². The van der Waals surface area contributed by atoms with Crippen molar-refractivity contribution in [3.05, 3.63) is 89.6 Å². The van der Waals surface area contributed by atoms with Crippen LogP contribution in [0, 0.1) is 11.6 Å². The van der Waals surface area contributed by atoms with E-state index in [-0.39, 0.29) is 23.6 Å². The second kappa shape index (κ2) is 7.15. The second-order valence-electron chi connectivity index (χ2n) is 6.36. The molecule has 136 valence electrons. The van der Waals surface area contributed by atoms with Crippen molar-refractivity contribution in [2.24, 2.45) is 0 Å². The zero-order valence-electron chi connectivity index (χ0n) is 14.4. The minimum Gasteiger partial charge on any atom is -0.339 e. The van der Waals surface area contributed by atoms with Gasteiger partial charge in [0.05, 0.1) is 11.6 Å². The van der Waals surface area contributed by atoms with Gasteiger partial charge in [-0.25, -0.2) is 13.8 Å². The van der Waals surface area contributed by atoms with Crippen LogP contribution in [0.3, 0.4) is 0 Å². The number of aromatic nitrogens is 1. The Kier molecular flexibility index (Phi) is 4.54. The number of rotatable bonds is 4. The number of pyridine rings is 1. The minimum absolute atomic E-state index is 0.235. The van der Waals surface area contributed by atoms with Crippen LogP contribution in [0.15, 0.2) is 66.9 Å². The molecule has 3 aromatic rings. The number of carbonyl (C=O) groups excluding carboxylic acids is 1. The molecule has 1 unspecified atom stereocenters. The van der Waals surface area contributed by atoms with Crippen LogP contribution in [-0.2, 0) is 0 Å². The Balaban J connectivity index is 1.60. The van der Waals surface area contributed by atoms with Gasteiger partial charge >= 0.3 is 0 Å². The van der Waals surface area contributed by atoms with Crippen LogP contribution in [0.1, 0.15) is 28.4 Å². The van der Waals surface area contributed by atoms with Crippen molar-refractivity contribution in [3.8, 4) is 0 Å². The number of nitrogens with one attached hydrogen (secondary N) is 1. The second-order valence-corrected chi connectivity index (χ2v) is 6.36. The molecule has 4 nitrogen and oxygen atoms in total. The molecule has 0 saturated carbocycles. The molecule has 27 heavy (non-hydrogen) atoms. The van der Waals surface area contributed by atoms with Crippen LogP contribution in [0.25, 0.3) is 0 Å². The normalized spacial score (nSPS) is 15.9. The summed E-state index contributed by atoms with van der Waals surface area (Å²) in [6.45, 7) is 0.548. The minimum atomic E-state index is -0.383. The number of hydrogen-bond acceptors (Lipinski definition) is 3. The Morgan fingerprint density at radius 1 is 1.07 bits per heavy atom. The van der Waals surface area contributed by atoms with Crippen molar-refractivity contribution in [3.63, 3.8) is 0 Å². The van der Waals surface area contributed by atoms with Crippen LogP contribution < -0.4 is 5.32 Å². The Morgan fingerprint density at radius 2 is 1.93 bits per heavy atom. The van der Waals surface area contributed by atoms with Gasteiger partial charge in [-0.1, -0.05) is 24.3 Å². The summed E-state index contributed by atoms with van der Waals surface area (Å²) >= 11 is 0. The van der Waals surface area contributed by atoms with Gasteiger partial charge in [0.2, 0.25) is 0 Å². The van der Waals surface area contributed by atoms with Gasteiger partial charge in [-0.3, -0.25) is 4.79 Å². The molecule has 1 N–H and O–H groups in total. The molecule has 2 heterocycles. The number of likely N-dealkylation sites (tertiary alicyclic amines) is 1. The maximum atomic E-state index is 14.1. The van der Waals surface area contributed by atoms with Crippen molar-refractivity contribution in [2.45, 2.75) is 12.5 Å². The molecule has 4 rings (SSSR count). The molecular weight excluding hydrogens is 348 g/mol. The highest BCUT2D eigenvalue weighted by molar-refractivity contribution is 6.00. The van der Waals surface area contributed by atoms with Gasteiger partial charge in [-0.2, -0.15) is 0 Å². The van der Waals surface area contributed by atoms with E-state index >= 15 is 0 Å². The van der Waals surface area contributed by atoms with E-state index in [0.717, 1.165) is 0 Å². The number of halogens is 2. The zero-order chi connectivity index (χ0) is 18.8. The van der Waals surface area contributed by atoms with E-state index in [1.807, 2.05) is 0 Å². The highest BCUT2D eigenvalue weighted by Crippen LogP contribution is 2.36. The third-order valence-corrected chi connectivity index (χ3v) is 4.67. The Morgan fingerprint density at radius 3 is 2.67 bits per heavy atom. The third kappa shape index (κ3) is 3.38. The Hall–Kier alpha value is -3.28. The first-order valence-electron chi connectivity index (χ1n) is 8.66. The highest BCUT2D eigenvalue weighted by Gasteiger charge is 2.36. The van der Waals surface area contributed by atoms with E-state index in [1.54, 1.807) is 53.6 Å². The number of benzene rings is 2. The molecule has 0 bridgehead atoms. The monoisotopic (exact) mass is 365 g/mol. The molecule has 1 aromatic heterocycles. The van der Waals surface area contributed by atoms with Gasteiger partial charge < -0.3 is 10.2 Å². The largest absolute Gasteiger partial charge is 0.339 e. The van der Waals surface area contributed by atoms with Gasteiger partial charge in [0, 0.05) is 24.0 Å². The van der Waals surface area contributed by atoms with Crippen LogP contribution in [-0.4, -0.2) is 22.3 Å². The topological polar surface area (TPSA) is 45.2 Å². The van der Waals surface area contributed by atoms with E-state index in [0.29, 0.717) is 35.6 Å². The van der Waals surface area contributed by atoms with Crippen LogP contribution in [0.5, 0.6) is 0 Å². The summed E-state index contributed by atoms with van der Waals surface area (Å²) in [5.41, 5.74) is 1.38. The number of carbonyl (C=O) groups is 1. The lowest BCUT2D eigenvalue weighted by Gasteiger charge is -2.41. The molecule has 1 amide bonds. The maximum Gasteiger partial charge on any atom is 0.258 e. The summed E-state index contributed by atoms with van der Waals surface area (Å²) in [6.07, 6.45) is 2.27. The number of amides is 1. The molecule has 1 atom stereocenters. The molecule has 1 aliphatic rings. The Bertz CT molecular complexity index is 992. The SMILES string of the molecule is O=C(c1cccnc1Nc1cccc(F)c1)N1CCC1c1ccccc1F. The van der Waals surface area contributed by atoms with E-state index in [4.69, 9.17) is 0 Å². The van der Waals surface area contributed by atoms with Crippen LogP contribution >= 0.6 is 0 Å². The van der Waals surface area contributed by atoms with Gasteiger partial charge in [0.25, 0.3) is 5.91 Å². The lowest BCUT2D eigenvalue weighted by Crippen LogP contribution is -2.45. The van der Waals surface area contributed by atoms with Crippen molar-refractivity contribution < 1.29 is 13.6 Å². The van der Waals surface area contributed by atoms with Gasteiger partial charge in [-0.15, -0.1) is 0 Å². The third-order valence-electron chi connectivity index (χ3n) is 4.67. The number of nitrogens with zero attached hydrogens (tertiary/aromatic N) is 2. The lowest BCUT2D eigenvalue weighted by atomic mass is 9.93. The predicted molar refractivity (Wildman–Crippen MR) is 98.7 cm³/mol. The number of hydrogen-bond donors (Lipinski definition) is 1. The first-order chi connectivity index (χ1) is 13.1. The van der Waals surface area contributed by atoms with E-state index in [1.165, 1.54) is 18.2 Å². The summed E-state index contributed by atoms with van der Waals surface area (Å²) in [5.74, 6) is -0.593. The van der Waals surface area contributed by atoms with Gasteiger partial charge in [-0.05, 0) is 42.8 Å². The summed E-state index contributed by atoms with van der Waals surface area (Å²) in [6, 6.07) is 15.5. The number of anilines is 2. The Labute approximate surface area is 155 Å². The van der Waals surface area contributed by atoms with Crippen molar-refractivity contribution in [1.29, 1.82) is 0 Å². The maximum absolute atomic E-state index is 14.1. The van der Waals surface area contributed by atoms with Crippen LogP contribution in [0.4, 0.5) is 20.3 Å².